The Hall–Kier alpha value is -1.99. The van der Waals surface area contributed by atoms with E-state index in [2.05, 4.69) is 0 Å². The zero-order valence-corrected chi connectivity index (χ0v) is 11.2. The Morgan fingerprint density at radius 3 is 2.52 bits per heavy atom. The third-order valence-electron chi connectivity index (χ3n) is 3.34. The third kappa shape index (κ3) is 3.77. The summed E-state index contributed by atoms with van der Waals surface area (Å²) in [6.45, 7) is -5.52. The average molecular weight is 300 g/mol. The van der Waals surface area contributed by atoms with Gasteiger partial charge in [0.15, 0.2) is 0 Å². The molecule has 1 fully saturated rings. The van der Waals surface area contributed by atoms with E-state index in [-0.39, 0.29) is 19.6 Å². The number of likely N-dealkylation sites (tertiary alicyclic amines) is 1. The number of carbonyl (C=O) groups is 2. The van der Waals surface area contributed by atoms with Gasteiger partial charge in [0, 0.05) is 6.54 Å². The molecule has 114 valence electrons. The van der Waals surface area contributed by atoms with Crippen LogP contribution in [0.1, 0.15) is 18.4 Å². The van der Waals surface area contributed by atoms with Gasteiger partial charge >= 0.3 is 13.1 Å². The number of benzene rings is 1. The number of ether oxygens (including phenoxy) is 1. The highest BCUT2D eigenvalue weighted by atomic mass is 19.4. The lowest BCUT2D eigenvalue weighted by Crippen LogP contribution is -2.48. The van der Waals surface area contributed by atoms with Gasteiger partial charge < -0.3 is 27.4 Å². The molecule has 1 atom stereocenters. The van der Waals surface area contributed by atoms with Crippen LogP contribution in [-0.2, 0) is 16.1 Å². The van der Waals surface area contributed by atoms with E-state index in [1.807, 2.05) is 0 Å². The molecule has 8 heteroatoms. The topological polar surface area (TPSA) is 46.6 Å². The number of carbonyl (C=O) groups excluding carboxylic acids is 2. The molecule has 1 aliphatic rings. The molecule has 1 heterocycles. The van der Waals surface area contributed by atoms with Gasteiger partial charge in [-0.05, 0) is 18.4 Å². The van der Waals surface area contributed by atoms with Crippen molar-refractivity contribution in [2.75, 3.05) is 6.54 Å². The fourth-order valence-corrected chi connectivity index (χ4v) is 2.30. The van der Waals surface area contributed by atoms with E-state index in [1.165, 1.54) is 0 Å². The Morgan fingerprint density at radius 1 is 1.24 bits per heavy atom. The zero-order chi connectivity index (χ0) is 15.5. The summed E-state index contributed by atoms with van der Waals surface area (Å²) in [6.07, 6.45) is -0.487. The van der Waals surface area contributed by atoms with E-state index in [0.717, 1.165) is 10.5 Å². The summed E-state index contributed by atoms with van der Waals surface area (Å²) in [7, 11) is 0. The number of rotatable bonds is 4. The van der Waals surface area contributed by atoms with Crippen molar-refractivity contribution in [1.29, 1.82) is 0 Å². The summed E-state index contributed by atoms with van der Waals surface area (Å²) in [5.41, 5.74) is -1.10. The van der Waals surface area contributed by atoms with Gasteiger partial charge in [-0.3, -0.25) is 0 Å². The molecule has 0 bridgehead atoms. The lowest BCUT2D eigenvalue weighted by molar-refractivity contribution is -0.118. The largest absolute Gasteiger partial charge is 0.546 e. The van der Waals surface area contributed by atoms with Gasteiger partial charge in [0.2, 0.25) is 0 Å². The van der Waals surface area contributed by atoms with Gasteiger partial charge in [0.05, 0.1) is 11.7 Å². The van der Waals surface area contributed by atoms with Crippen molar-refractivity contribution in [2.45, 2.75) is 25.5 Å². The van der Waals surface area contributed by atoms with Crippen LogP contribution < -0.4 is 0 Å². The quantitative estimate of drug-likeness (QED) is 0.803. The number of halogens is 3. The number of hydrogen-bond acceptors (Lipinski definition) is 3. The molecule has 1 aromatic carbocycles. The van der Waals surface area contributed by atoms with Crippen molar-refractivity contribution in [1.82, 2.24) is 4.90 Å². The molecular weight excluding hydrogens is 286 g/mol. The molecule has 1 aromatic rings. The molecule has 0 unspecified atom stereocenters. The summed E-state index contributed by atoms with van der Waals surface area (Å²) in [4.78, 5) is 24.0. The maximum Gasteiger partial charge on any atom is 0.546 e. The van der Waals surface area contributed by atoms with Crippen LogP contribution in [0.2, 0.25) is 0 Å². The van der Waals surface area contributed by atoms with Crippen LogP contribution in [0.15, 0.2) is 30.3 Å². The predicted molar refractivity (Wildman–Crippen MR) is 70.4 cm³/mol. The monoisotopic (exact) mass is 300 g/mol. The first-order valence-corrected chi connectivity index (χ1v) is 6.60. The summed E-state index contributed by atoms with van der Waals surface area (Å²) in [5, 5.41) is 0. The van der Waals surface area contributed by atoms with E-state index >= 15 is 0 Å². The lowest BCUT2D eigenvalue weighted by atomic mass is 9.79. The fraction of sp³-hybridized carbons (Fsp3) is 0.385. The van der Waals surface area contributed by atoms with Crippen molar-refractivity contribution < 1.29 is 27.3 Å². The van der Waals surface area contributed by atoms with Crippen molar-refractivity contribution in [3.8, 4) is 0 Å². The highest BCUT2D eigenvalue weighted by molar-refractivity contribution is 6.91. The Balaban J connectivity index is 1.96. The fourth-order valence-electron chi connectivity index (χ4n) is 2.30. The van der Waals surface area contributed by atoms with Crippen molar-refractivity contribution >= 4 is 18.8 Å². The molecule has 1 saturated heterocycles. The van der Waals surface area contributed by atoms with Crippen molar-refractivity contribution in [3.05, 3.63) is 35.9 Å². The van der Waals surface area contributed by atoms with E-state index in [1.54, 1.807) is 30.3 Å². The minimum atomic E-state index is -5.59. The second-order valence-electron chi connectivity index (χ2n) is 4.87. The van der Waals surface area contributed by atoms with E-state index in [0.29, 0.717) is 6.42 Å². The number of hydrogen-bond donors (Lipinski definition) is 0. The van der Waals surface area contributed by atoms with Gasteiger partial charge in [-0.25, -0.2) is 4.79 Å². The molecule has 4 nitrogen and oxygen atoms in total. The second-order valence-corrected chi connectivity index (χ2v) is 4.87. The first kappa shape index (κ1) is 15.4. The van der Waals surface area contributed by atoms with E-state index in [4.69, 9.17) is 4.74 Å². The molecule has 0 aliphatic carbocycles. The molecule has 0 saturated carbocycles. The molecule has 0 aromatic heterocycles. The standard InChI is InChI=1S/C13H14BF3NO3/c15-14(16,17)12(19)11-7-4-8-18(11)13(20)21-9-10-5-2-1-3-6-10/h1-3,5-6,11H,4,7-9H2/q-1/t11-/m0/s1. The summed E-state index contributed by atoms with van der Waals surface area (Å²) in [6, 6.07) is 7.35. The first-order valence-electron chi connectivity index (χ1n) is 6.60. The first-order chi connectivity index (χ1) is 9.89. The minimum Gasteiger partial charge on any atom is -0.445 e. The van der Waals surface area contributed by atoms with Gasteiger partial charge in [-0.2, -0.15) is 0 Å². The molecule has 0 N–H and O–H groups in total. The Kier molecular flexibility index (Phi) is 4.54. The van der Waals surface area contributed by atoms with Crippen molar-refractivity contribution in [3.63, 3.8) is 0 Å². The van der Waals surface area contributed by atoms with Crippen LogP contribution in [-0.4, -0.2) is 36.2 Å². The van der Waals surface area contributed by atoms with Crippen LogP contribution in [0.5, 0.6) is 0 Å². The predicted octanol–water partition coefficient (Wildman–Crippen LogP) is 2.74. The average Bonchev–Trinajstić information content (AvgIpc) is 2.93. The normalized spacial score (nSPS) is 18.6. The highest BCUT2D eigenvalue weighted by Crippen LogP contribution is 2.24. The highest BCUT2D eigenvalue weighted by Gasteiger charge is 2.44. The SMILES string of the molecule is O=C(OCc1ccccc1)N1CCC[C@H]1C(=O)[B-](F)(F)F. The summed E-state index contributed by atoms with van der Waals surface area (Å²) in [5.74, 6) is 0. The summed E-state index contributed by atoms with van der Waals surface area (Å²) < 4.78 is 42.5. The molecule has 0 spiro atoms. The number of amides is 1. The molecule has 21 heavy (non-hydrogen) atoms. The Labute approximate surface area is 119 Å². The molecule has 0 radical (unpaired) electrons. The van der Waals surface area contributed by atoms with Crippen LogP contribution in [0.3, 0.4) is 0 Å². The smallest absolute Gasteiger partial charge is 0.445 e. The molecular formula is C13H14BF3NO3-. The van der Waals surface area contributed by atoms with Gasteiger partial charge in [0.1, 0.15) is 6.61 Å². The molecule has 1 aliphatic heterocycles. The minimum absolute atomic E-state index is 0.0283. The van der Waals surface area contributed by atoms with E-state index < -0.39 is 24.8 Å². The van der Waals surface area contributed by atoms with Crippen LogP contribution in [0.4, 0.5) is 17.7 Å². The van der Waals surface area contributed by atoms with Crippen LogP contribution >= 0.6 is 0 Å². The maximum absolute atomic E-state index is 12.5. The van der Waals surface area contributed by atoms with Crippen LogP contribution in [0.25, 0.3) is 0 Å². The van der Waals surface area contributed by atoms with Gasteiger partial charge in [-0.1, -0.05) is 30.3 Å². The Morgan fingerprint density at radius 2 is 1.90 bits per heavy atom. The van der Waals surface area contributed by atoms with Crippen LogP contribution in [0, 0.1) is 0 Å². The van der Waals surface area contributed by atoms with Crippen molar-refractivity contribution in [2.24, 2.45) is 0 Å². The number of nitrogens with zero attached hydrogens (tertiary/aromatic N) is 1. The second kappa shape index (κ2) is 6.20. The van der Waals surface area contributed by atoms with Gasteiger partial charge in [-0.15, -0.1) is 0 Å². The van der Waals surface area contributed by atoms with Gasteiger partial charge in [0.25, 0.3) is 0 Å². The molecule has 2 rings (SSSR count). The zero-order valence-electron chi connectivity index (χ0n) is 11.2. The Bertz CT molecular complexity index is 521. The molecule has 1 amide bonds. The lowest BCUT2D eigenvalue weighted by Gasteiger charge is -2.27. The van der Waals surface area contributed by atoms with E-state index in [9.17, 15) is 22.5 Å². The maximum atomic E-state index is 12.5. The summed E-state index contributed by atoms with van der Waals surface area (Å²) >= 11 is 0. The third-order valence-corrected chi connectivity index (χ3v) is 3.34.